The zero-order valence-corrected chi connectivity index (χ0v) is 24.2. The molecule has 1 N–H and O–H groups in total. The smallest absolute Gasteiger partial charge is 0.338 e. The highest BCUT2D eigenvalue weighted by atomic mass is 16.6. The van der Waals surface area contributed by atoms with Crippen molar-refractivity contribution in [2.45, 2.75) is 89.0 Å². The summed E-state index contributed by atoms with van der Waals surface area (Å²) < 4.78 is 24.9. The third-order valence-electron chi connectivity index (χ3n) is 9.42. The number of hydrogen-bond donors (Lipinski definition) is 1. The zero-order valence-electron chi connectivity index (χ0n) is 24.2. The van der Waals surface area contributed by atoms with Crippen LogP contribution >= 0.6 is 0 Å². The Hall–Kier alpha value is -3.49. The van der Waals surface area contributed by atoms with Crippen molar-refractivity contribution < 1.29 is 38.4 Å². The minimum Gasteiger partial charge on any atom is -0.458 e. The molecule has 2 aliphatic carbocycles. The standard InChI is InChI=1S/C33H38O8/c1-21(34)38-25-20-31(4,37)33-19-24(30(2,3)41-33)18-26(39-27(35)17-16-22-12-8-6-9-13-22)32(33,5)28(25)40-29(36)23-14-10-7-11-15-23/h6-17,24-26,28,37H,18-20H2,1-5H3/b17-16+/t24-,25-,26+,28+,31-,32-,33+/m1/s1. The summed E-state index contributed by atoms with van der Waals surface area (Å²) in [4.78, 5) is 39.0. The number of rotatable bonds is 6. The summed E-state index contributed by atoms with van der Waals surface area (Å²) >= 11 is 0. The molecule has 41 heavy (non-hydrogen) atoms. The predicted octanol–water partition coefficient (Wildman–Crippen LogP) is 4.89. The van der Waals surface area contributed by atoms with E-state index in [0.717, 1.165) is 5.56 Å². The second-order valence-corrected chi connectivity index (χ2v) is 12.4. The van der Waals surface area contributed by atoms with Crippen LogP contribution in [0.25, 0.3) is 6.08 Å². The molecule has 2 aromatic rings. The summed E-state index contributed by atoms with van der Waals surface area (Å²) in [7, 11) is 0. The van der Waals surface area contributed by atoms with Crippen molar-refractivity contribution in [2.24, 2.45) is 11.3 Å². The summed E-state index contributed by atoms with van der Waals surface area (Å²) in [6, 6.07) is 17.9. The lowest BCUT2D eigenvalue weighted by Crippen LogP contribution is -2.77. The molecule has 1 spiro atoms. The molecule has 1 saturated heterocycles. The number of aliphatic hydroxyl groups is 1. The second kappa shape index (κ2) is 10.4. The van der Waals surface area contributed by atoms with Gasteiger partial charge in [-0.2, -0.15) is 0 Å². The molecule has 0 amide bonds. The van der Waals surface area contributed by atoms with Crippen LogP contribution in [0.15, 0.2) is 66.7 Å². The summed E-state index contributed by atoms with van der Waals surface area (Å²) in [5.41, 5.74) is -3.54. The van der Waals surface area contributed by atoms with Gasteiger partial charge in [-0.1, -0.05) is 48.5 Å². The minimum atomic E-state index is -1.51. The average Bonchev–Trinajstić information content (AvgIpc) is 3.17. The molecule has 5 rings (SSSR count). The summed E-state index contributed by atoms with van der Waals surface area (Å²) in [5, 5.41) is 12.1. The Bertz CT molecular complexity index is 1330. The van der Waals surface area contributed by atoms with Gasteiger partial charge in [-0.05, 0) is 70.2 Å². The molecule has 8 nitrogen and oxygen atoms in total. The Balaban J connectivity index is 1.58. The summed E-state index contributed by atoms with van der Waals surface area (Å²) in [5.74, 6) is -1.81. The van der Waals surface area contributed by atoms with Crippen LogP contribution in [-0.2, 0) is 28.5 Å². The van der Waals surface area contributed by atoms with Gasteiger partial charge in [-0.3, -0.25) is 4.79 Å². The number of carbonyl (C=O) groups is 3. The van der Waals surface area contributed by atoms with Gasteiger partial charge in [0.2, 0.25) is 0 Å². The Morgan fingerprint density at radius 3 is 2.17 bits per heavy atom. The molecule has 0 aromatic heterocycles. The van der Waals surface area contributed by atoms with Gasteiger partial charge >= 0.3 is 17.9 Å². The van der Waals surface area contributed by atoms with E-state index in [2.05, 4.69) is 0 Å². The maximum Gasteiger partial charge on any atom is 0.338 e. The molecule has 218 valence electrons. The van der Waals surface area contributed by atoms with Crippen LogP contribution in [-0.4, -0.2) is 58.1 Å². The van der Waals surface area contributed by atoms with Gasteiger partial charge in [0.15, 0.2) is 6.10 Å². The Labute approximate surface area is 240 Å². The lowest BCUT2D eigenvalue weighted by Gasteiger charge is -2.63. The number of ether oxygens (including phenoxy) is 4. The van der Waals surface area contributed by atoms with Gasteiger partial charge in [0.05, 0.1) is 22.2 Å². The first-order chi connectivity index (χ1) is 19.3. The topological polar surface area (TPSA) is 108 Å². The average molecular weight is 563 g/mol. The van der Waals surface area contributed by atoms with Crippen molar-refractivity contribution in [3.8, 4) is 0 Å². The summed E-state index contributed by atoms with van der Waals surface area (Å²) in [6.45, 7) is 8.68. The minimum absolute atomic E-state index is 0.0215. The quantitative estimate of drug-likeness (QED) is 0.301. The van der Waals surface area contributed by atoms with E-state index in [1.165, 1.54) is 13.0 Å². The molecule has 7 atom stereocenters. The van der Waals surface area contributed by atoms with Crippen LogP contribution in [0.3, 0.4) is 0 Å². The first-order valence-electron chi connectivity index (χ1n) is 14.1. The van der Waals surface area contributed by atoms with Crippen LogP contribution in [0.4, 0.5) is 0 Å². The van der Waals surface area contributed by atoms with E-state index in [1.54, 1.807) is 43.3 Å². The third kappa shape index (κ3) is 4.97. The van der Waals surface area contributed by atoms with E-state index in [4.69, 9.17) is 18.9 Å². The van der Waals surface area contributed by atoms with E-state index in [-0.39, 0.29) is 12.3 Å². The number of esters is 3. The lowest BCUT2D eigenvalue weighted by atomic mass is 9.48. The number of fused-ring (bicyclic) bond motifs is 1. The van der Waals surface area contributed by atoms with Gasteiger partial charge < -0.3 is 24.1 Å². The molecule has 2 saturated carbocycles. The predicted molar refractivity (Wildman–Crippen MR) is 151 cm³/mol. The second-order valence-electron chi connectivity index (χ2n) is 12.4. The van der Waals surface area contributed by atoms with Crippen LogP contribution in [0, 0.1) is 11.3 Å². The third-order valence-corrected chi connectivity index (χ3v) is 9.42. The van der Waals surface area contributed by atoms with Crippen molar-refractivity contribution in [2.75, 3.05) is 0 Å². The molecule has 0 radical (unpaired) electrons. The molecule has 1 heterocycles. The molecular weight excluding hydrogens is 524 g/mol. The van der Waals surface area contributed by atoms with Crippen LogP contribution in [0.5, 0.6) is 0 Å². The van der Waals surface area contributed by atoms with E-state index in [1.807, 2.05) is 51.1 Å². The Kier molecular flexibility index (Phi) is 7.37. The Morgan fingerprint density at radius 2 is 1.54 bits per heavy atom. The molecule has 0 unspecified atom stereocenters. The maximum absolute atomic E-state index is 13.5. The highest BCUT2D eigenvalue weighted by molar-refractivity contribution is 5.89. The van der Waals surface area contributed by atoms with E-state index < -0.39 is 58.4 Å². The van der Waals surface area contributed by atoms with E-state index in [0.29, 0.717) is 18.4 Å². The molecule has 2 aromatic carbocycles. The van der Waals surface area contributed by atoms with Crippen molar-refractivity contribution in [1.82, 2.24) is 0 Å². The SMILES string of the molecule is CC(=O)O[C@@H]1C[C@@](C)(O)[C@@]23C[C@@H](C[C@H](OC(=O)/C=C/c4ccccc4)[C@]2(C)[C@H]1OC(=O)c1ccccc1)C(C)(C)O3. The summed E-state index contributed by atoms with van der Waals surface area (Å²) in [6.07, 6.45) is 0.983. The molecular formula is C33H38O8. The lowest BCUT2D eigenvalue weighted by molar-refractivity contribution is -0.323. The van der Waals surface area contributed by atoms with Gasteiger partial charge in [0.1, 0.15) is 17.8 Å². The first kappa shape index (κ1) is 29.0. The maximum atomic E-state index is 13.5. The van der Waals surface area contributed by atoms with Gasteiger partial charge in [-0.25, -0.2) is 9.59 Å². The van der Waals surface area contributed by atoms with Crippen molar-refractivity contribution in [3.05, 3.63) is 77.9 Å². The fraction of sp³-hybridized carbons (Fsp3) is 0.485. The van der Waals surface area contributed by atoms with Gasteiger partial charge in [-0.15, -0.1) is 0 Å². The highest BCUT2D eigenvalue weighted by Gasteiger charge is 2.79. The van der Waals surface area contributed by atoms with Crippen LogP contribution in [0.2, 0.25) is 0 Å². The van der Waals surface area contributed by atoms with E-state index in [9.17, 15) is 19.5 Å². The van der Waals surface area contributed by atoms with Crippen molar-refractivity contribution >= 4 is 24.0 Å². The Morgan fingerprint density at radius 1 is 0.902 bits per heavy atom. The highest BCUT2D eigenvalue weighted by Crippen LogP contribution is 2.68. The molecule has 3 fully saturated rings. The monoisotopic (exact) mass is 562 g/mol. The molecule has 2 bridgehead atoms. The molecule has 8 heteroatoms. The number of carbonyl (C=O) groups excluding carboxylic acids is 3. The van der Waals surface area contributed by atoms with Gasteiger partial charge in [0, 0.05) is 19.4 Å². The number of hydrogen-bond acceptors (Lipinski definition) is 8. The fourth-order valence-electron chi connectivity index (χ4n) is 7.35. The normalized spacial score (nSPS) is 35.4. The first-order valence-corrected chi connectivity index (χ1v) is 14.1. The fourth-order valence-corrected chi connectivity index (χ4v) is 7.35. The van der Waals surface area contributed by atoms with E-state index >= 15 is 0 Å². The van der Waals surface area contributed by atoms with Crippen LogP contribution < -0.4 is 0 Å². The number of benzene rings is 2. The van der Waals surface area contributed by atoms with Crippen molar-refractivity contribution in [1.29, 1.82) is 0 Å². The largest absolute Gasteiger partial charge is 0.458 e. The zero-order chi connectivity index (χ0) is 29.6. The van der Waals surface area contributed by atoms with Crippen molar-refractivity contribution in [3.63, 3.8) is 0 Å². The molecule has 3 aliphatic rings. The molecule has 1 aliphatic heterocycles. The van der Waals surface area contributed by atoms with Gasteiger partial charge in [0.25, 0.3) is 0 Å². The van der Waals surface area contributed by atoms with Crippen LogP contribution in [0.1, 0.15) is 69.8 Å².